The zero-order valence-corrected chi connectivity index (χ0v) is 19.8. The van der Waals surface area contributed by atoms with E-state index in [-0.39, 0.29) is 47.5 Å². The first-order chi connectivity index (χ1) is 18.0. The number of nitrogens with zero attached hydrogens (tertiary/aromatic N) is 4. The number of aromatic nitrogens is 5. The van der Waals surface area contributed by atoms with E-state index in [4.69, 9.17) is 9.47 Å². The van der Waals surface area contributed by atoms with Crippen LogP contribution in [0.4, 0.5) is 0 Å². The summed E-state index contributed by atoms with van der Waals surface area (Å²) in [4.78, 5) is 45.3. The first kappa shape index (κ1) is 23.7. The predicted octanol–water partition coefficient (Wildman–Crippen LogP) is 1.78. The van der Waals surface area contributed by atoms with Crippen molar-refractivity contribution in [2.45, 2.75) is 13.1 Å². The summed E-state index contributed by atoms with van der Waals surface area (Å²) in [5, 5.41) is 11.0. The van der Waals surface area contributed by atoms with Crippen molar-refractivity contribution in [3.8, 4) is 11.5 Å². The molecule has 1 amide bonds. The van der Waals surface area contributed by atoms with Gasteiger partial charge in [-0.3, -0.25) is 19.4 Å². The van der Waals surface area contributed by atoms with Gasteiger partial charge in [-0.1, -0.05) is 23.4 Å². The normalized spacial score (nSPS) is 10.9. The Morgan fingerprint density at radius 2 is 1.86 bits per heavy atom. The second-order valence-corrected chi connectivity index (χ2v) is 8.17. The number of carbonyl (C=O) groups is 1. The molecule has 0 aliphatic carbocycles. The average molecular weight is 498 g/mol. The molecular weight excluding hydrogens is 476 g/mol. The topological polar surface area (TPSA) is 141 Å². The molecule has 0 bridgehead atoms. The van der Waals surface area contributed by atoms with Crippen LogP contribution >= 0.6 is 0 Å². The summed E-state index contributed by atoms with van der Waals surface area (Å²) < 4.78 is 12.2. The molecule has 0 unspecified atom stereocenters. The zero-order valence-electron chi connectivity index (χ0n) is 19.8. The maximum absolute atomic E-state index is 13.4. The summed E-state index contributed by atoms with van der Waals surface area (Å²) in [5.41, 5.74) is 0.906. The van der Waals surface area contributed by atoms with Crippen LogP contribution in [-0.2, 0) is 17.9 Å². The lowest BCUT2D eigenvalue weighted by atomic mass is 10.2. The molecule has 0 atom stereocenters. The molecule has 3 heterocycles. The fraction of sp³-hybridized carbons (Fsp3) is 0.154. The average Bonchev–Trinajstić information content (AvgIpc) is 3.31. The van der Waals surface area contributed by atoms with E-state index in [2.05, 4.69) is 25.6 Å². The Hall–Kier alpha value is -5.06. The van der Waals surface area contributed by atoms with Gasteiger partial charge in [0, 0.05) is 17.6 Å². The number of hydrogen-bond acceptors (Lipinski definition) is 8. The Balaban J connectivity index is 1.39. The largest absolute Gasteiger partial charge is 0.497 e. The monoisotopic (exact) mass is 498 g/mol. The van der Waals surface area contributed by atoms with Gasteiger partial charge in [-0.05, 0) is 42.0 Å². The first-order valence-corrected chi connectivity index (χ1v) is 11.4. The Kier molecular flexibility index (Phi) is 6.58. The molecule has 11 heteroatoms. The molecular formula is C26H22N6O5. The van der Waals surface area contributed by atoms with Crippen molar-refractivity contribution >= 4 is 27.8 Å². The number of methoxy groups -OCH3 is 1. The fourth-order valence-electron chi connectivity index (χ4n) is 3.82. The second-order valence-electron chi connectivity index (χ2n) is 8.17. The number of benzene rings is 2. The van der Waals surface area contributed by atoms with Gasteiger partial charge >= 0.3 is 0 Å². The predicted molar refractivity (Wildman–Crippen MR) is 136 cm³/mol. The Labute approximate surface area is 209 Å². The molecule has 186 valence electrons. The lowest BCUT2D eigenvalue weighted by Crippen LogP contribution is -2.28. The highest BCUT2D eigenvalue weighted by Crippen LogP contribution is 2.18. The van der Waals surface area contributed by atoms with Gasteiger partial charge in [-0.25, -0.2) is 4.68 Å². The molecule has 0 aliphatic heterocycles. The van der Waals surface area contributed by atoms with Gasteiger partial charge in [-0.2, -0.15) is 0 Å². The maximum atomic E-state index is 13.4. The molecule has 5 aromatic rings. The number of aromatic amines is 1. The van der Waals surface area contributed by atoms with Gasteiger partial charge in [0.25, 0.3) is 11.5 Å². The van der Waals surface area contributed by atoms with Gasteiger partial charge in [0.05, 0.1) is 31.4 Å². The molecule has 2 aromatic carbocycles. The van der Waals surface area contributed by atoms with Crippen molar-refractivity contribution < 1.29 is 14.3 Å². The molecule has 11 nitrogen and oxygen atoms in total. The van der Waals surface area contributed by atoms with Crippen LogP contribution in [0.1, 0.15) is 11.3 Å². The minimum absolute atomic E-state index is 0.0638. The summed E-state index contributed by atoms with van der Waals surface area (Å²) in [6.07, 6.45) is 1.65. The van der Waals surface area contributed by atoms with Gasteiger partial charge in [0.2, 0.25) is 5.43 Å². The maximum Gasteiger partial charge on any atom is 0.278 e. The van der Waals surface area contributed by atoms with Crippen LogP contribution < -0.4 is 25.8 Å². The highest BCUT2D eigenvalue weighted by Gasteiger charge is 2.15. The SMILES string of the molecule is COc1ccc(Cn2nnc3c(=O)[nH]c4cc(OCC(=O)NCc5ccccn5)ccc4c(=O)c32)cc1. The third-order valence-corrected chi connectivity index (χ3v) is 5.70. The molecule has 0 aliphatic rings. The van der Waals surface area contributed by atoms with Gasteiger partial charge in [-0.15, -0.1) is 5.10 Å². The number of rotatable bonds is 8. The Morgan fingerprint density at radius 3 is 2.62 bits per heavy atom. The van der Waals surface area contributed by atoms with Crippen molar-refractivity contribution in [1.82, 2.24) is 30.3 Å². The lowest BCUT2D eigenvalue weighted by Gasteiger charge is -2.07. The van der Waals surface area contributed by atoms with E-state index in [1.54, 1.807) is 49.7 Å². The van der Waals surface area contributed by atoms with Crippen molar-refractivity contribution in [3.63, 3.8) is 0 Å². The van der Waals surface area contributed by atoms with Crippen molar-refractivity contribution in [3.05, 3.63) is 98.7 Å². The number of nitrogens with one attached hydrogen (secondary N) is 2. The molecule has 0 spiro atoms. The molecule has 37 heavy (non-hydrogen) atoms. The van der Waals surface area contributed by atoms with Gasteiger partial charge in [0.1, 0.15) is 17.0 Å². The summed E-state index contributed by atoms with van der Waals surface area (Å²) in [6.45, 7) is 0.276. The third-order valence-electron chi connectivity index (χ3n) is 5.70. The van der Waals surface area contributed by atoms with E-state index in [1.807, 2.05) is 18.2 Å². The van der Waals surface area contributed by atoms with Crippen LogP contribution in [0, 0.1) is 0 Å². The van der Waals surface area contributed by atoms with E-state index in [9.17, 15) is 14.4 Å². The van der Waals surface area contributed by atoms with Gasteiger partial charge < -0.3 is 19.8 Å². The van der Waals surface area contributed by atoms with Crippen LogP contribution in [-0.4, -0.2) is 44.6 Å². The second kappa shape index (κ2) is 10.3. The number of H-pyrrole nitrogens is 1. The van der Waals surface area contributed by atoms with E-state index in [0.29, 0.717) is 11.5 Å². The molecule has 3 aromatic heterocycles. The summed E-state index contributed by atoms with van der Waals surface area (Å²) in [5.74, 6) is 0.684. The van der Waals surface area contributed by atoms with Crippen LogP contribution in [0.5, 0.6) is 11.5 Å². The number of ether oxygens (including phenoxy) is 2. The van der Waals surface area contributed by atoms with Crippen LogP contribution in [0.2, 0.25) is 0 Å². The molecule has 0 radical (unpaired) electrons. The Bertz CT molecular complexity index is 1700. The quantitative estimate of drug-likeness (QED) is 0.330. The standard InChI is InChI=1S/C26H22N6O5/c1-36-18-7-5-16(6-8-18)14-32-24-23(30-31-32)26(35)29-21-12-19(9-10-20(21)25(24)34)37-15-22(33)28-13-17-4-2-3-11-27-17/h2-12H,13-15H2,1H3,(H,28,33)(H,29,35). The minimum Gasteiger partial charge on any atom is -0.497 e. The zero-order chi connectivity index (χ0) is 25.8. The molecule has 5 rings (SSSR count). The highest BCUT2D eigenvalue weighted by molar-refractivity contribution is 5.87. The number of amides is 1. The molecule has 0 fully saturated rings. The summed E-state index contributed by atoms with van der Waals surface area (Å²) in [7, 11) is 1.58. The molecule has 2 N–H and O–H groups in total. The smallest absolute Gasteiger partial charge is 0.278 e. The number of hydrogen-bond donors (Lipinski definition) is 2. The van der Waals surface area contributed by atoms with E-state index < -0.39 is 11.0 Å². The van der Waals surface area contributed by atoms with Crippen molar-refractivity contribution in [1.29, 1.82) is 0 Å². The van der Waals surface area contributed by atoms with Crippen molar-refractivity contribution in [2.24, 2.45) is 0 Å². The number of pyridine rings is 1. The van der Waals surface area contributed by atoms with Crippen LogP contribution in [0.15, 0.2) is 76.4 Å². The minimum atomic E-state index is -0.562. The van der Waals surface area contributed by atoms with E-state index in [0.717, 1.165) is 11.3 Å². The highest BCUT2D eigenvalue weighted by atomic mass is 16.5. The lowest BCUT2D eigenvalue weighted by molar-refractivity contribution is -0.123. The first-order valence-electron chi connectivity index (χ1n) is 11.4. The fourth-order valence-corrected chi connectivity index (χ4v) is 3.82. The van der Waals surface area contributed by atoms with E-state index in [1.165, 1.54) is 10.7 Å². The molecule has 0 saturated carbocycles. The summed E-state index contributed by atoms with van der Waals surface area (Å²) >= 11 is 0. The number of carbonyl (C=O) groups excluding carboxylic acids is 1. The van der Waals surface area contributed by atoms with Gasteiger partial charge in [0.15, 0.2) is 12.1 Å². The summed E-state index contributed by atoms with van der Waals surface area (Å²) in [6, 6.07) is 17.3. The third kappa shape index (κ3) is 5.15. The van der Waals surface area contributed by atoms with Crippen LogP contribution in [0.25, 0.3) is 21.9 Å². The van der Waals surface area contributed by atoms with E-state index >= 15 is 0 Å². The Morgan fingerprint density at radius 1 is 1.05 bits per heavy atom. The molecule has 0 saturated heterocycles. The van der Waals surface area contributed by atoms with Crippen molar-refractivity contribution in [2.75, 3.05) is 13.7 Å². The number of fused-ring (bicyclic) bond motifs is 2. The van der Waals surface area contributed by atoms with Crippen LogP contribution in [0.3, 0.4) is 0 Å².